The van der Waals surface area contributed by atoms with Crippen LogP contribution in [0.2, 0.25) is 0 Å². The maximum absolute atomic E-state index is 12.2. The van der Waals surface area contributed by atoms with E-state index in [1.807, 2.05) is 31.2 Å². The van der Waals surface area contributed by atoms with Crippen LogP contribution in [0.1, 0.15) is 43.4 Å². The molecule has 1 aromatic rings. The van der Waals surface area contributed by atoms with Gasteiger partial charge in [-0.15, -0.1) is 11.8 Å². The predicted octanol–water partition coefficient (Wildman–Crippen LogP) is 2.49. The summed E-state index contributed by atoms with van der Waals surface area (Å²) in [5, 5.41) is 11.9. The molecule has 3 nitrogen and oxygen atoms in total. The van der Waals surface area contributed by atoms with Gasteiger partial charge in [-0.3, -0.25) is 4.79 Å². The second-order valence-corrected chi connectivity index (χ2v) is 6.48. The van der Waals surface area contributed by atoms with E-state index in [0.717, 1.165) is 29.7 Å². The maximum Gasteiger partial charge on any atom is 0.233 e. The van der Waals surface area contributed by atoms with Gasteiger partial charge in [0.2, 0.25) is 5.91 Å². The number of aliphatic hydroxyl groups excluding tert-OH is 1. The molecule has 0 aliphatic carbocycles. The van der Waals surface area contributed by atoms with Crippen LogP contribution in [0.15, 0.2) is 24.3 Å². The van der Waals surface area contributed by atoms with Crippen molar-refractivity contribution in [3.8, 4) is 11.8 Å². The first-order valence-corrected chi connectivity index (χ1v) is 8.37. The molecule has 1 amide bonds. The first-order valence-electron chi connectivity index (χ1n) is 7.32. The van der Waals surface area contributed by atoms with E-state index in [0.29, 0.717) is 0 Å². The van der Waals surface area contributed by atoms with Crippen LogP contribution >= 0.6 is 11.8 Å². The van der Waals surface area contributed by atoms with Crippen molar-refractivity contribution in [2.24, 2.45) is 0 Å². The Morgan fingerprint density at radius 1 is 1.52 bits per heavy atom. The van der Waals surface area contributed by atoms with Gasteiger partial charge in [-0.1, -0.05) is 30.4 Å². The van der Waals surface area contributed by atoms with Crippen LogP contribution in [-0.4, -0.2) is 28.6 Å². The lowest BCUT2D eigenvalue weighted by atomic mass is 10.0. The highest BCUT2D eigenvalue weighted by molar-refractivity contribution is 8.00. The van der Waals surface area contributed by atoms with Gasteiger partial charge in [-0.05, 0) is 43.2 Å². The Balaban J connectivity index is 1.99. The average molecular weight is 303 g/mol. The molecule has 0 aromatic heterocycles. The second kappa shape index (κ2) is 8.11. The van der Waals surface area contributed by atoms with E-state index in [9.17, 15) is 4.79 Å². The highest BCUT2D eigenvalue weighted by Crippen LogP contribution is 2.26. The zero-order valence-electron chi connectivity index (χ0n) is 12.3. The lowest BCUT2D eigenvalue weighted by Gasteiger charge is -2.23. The van der Waals surface area contributed by atoms with Gasteiger partial charge in [-0.25, -0.2) is 0 Å². The van der Waals surface area contributed by atoms with E-state index in [-0.39, 0.29) is 23.8 Å². The van der Waals surface area contributed by atoms with Gasteiger partial charge in [0, 0.05) is 5.56 Å². The highest BCUT2D eigenvalue weighted by atomic mass is 32.2. The van der Waals surface area contributed by atoms with E-state index >= 15 is 0 Å². The summed E-state index contributed by atoms with van der Waals surface area (Å²) >= 11 is 1.76. The summed E-state index contributed by atoms with van der Waals surface area (Å²) in [6.45, 7) is 1.85. The third-order valence-electron chi connectivity index (χ3n) is 3.53. The van der Waals surface area contributed by atoms with E-state index in [1.54, 1.807) is 11.8 Å². The summed E-state index contributed by atoms with van der Waals surface area (Å²) in [5.74, 6) is 6.75. The molecule has 1 saturated heterocycles. The Morgan fingerprint density at radius 3 is 3.10 bits per heavy atom. The minimum atomic E-state index is -0.143. The van der Waals surface area contributed by atoms with E-state index in [1.165, 1.54) is 6.42 Å². The topological polar surface area (TPSA) is 49.3 Å². The summed E-state index contributed by atoms with van der Waals surface area (Å²) in [4.78, 5) is 12.2. The number of nitrogens with one attached hydrogen (secondary N) is 1. The second-order valence-electron chi connectivity index (χ2n) is 5.17. The molecule has 21 heavy (non-hydrogen) atoms. The van der Waals surface area contributed by atoms with Crippen LogP contribution in [0.3, 0.4) is 0 Å². The molecular weight excluding hydrogens is 282 g/mol. The first kappa shape index (κ1) is 15.9. The van der Waals surface area contributed by atoms with Crippen molar-refractivity contribution in [3.63, 3.8) is 0 Å². The molecule has 0 saturated carbocycles. The molecule has 0 spiro atoms. The fourth-order valence-electron chi connectivity index (χ4n) is 2.36. The molecule has 2 atom stereocenters. The Morgan fingerprint density at radius 2 is 2.38 bits per heavy atom. The summed E-state index contributed by atoms with van der Waals surface area (Å²) < 4.78 is 0. The standard InChI is InChI=1S/C17H21NO2S/c1-13(18-17(20)16-9-2-3-11-21-16)15-8-4-6-14(12-15)7-5-10-19/h4,6,8,12-13,16,19H,2-3,9-11H2,1H3,(H,18,20). The molecular formula is C17H21NO2S. The van der Waals surface area contributed by atoms with Crippen molar-refractivity contribution in [1.29, 1.82) is 0 Å². The van der Waals surface area contributed by atoms with Crippen LogP contribution in [-0.2, 0) is 4.79 Å². The van der Waals surface area contributed by atoms with Crippen molar-refractivity contribution < 1.29 is 9.90 Å². The Kier molecular flexibility index (Phi) is 6.16. The van der Waals surface area contributed by atoms with Crippen LogP contribution in [0, 0.1) is 11.8 Å². The van der Waals surface area contributed by atoms with E-state index in [2.05, 4.69) is 17.2 Å². The van der Waals surface area contributed by atoms with Gasteiger partial charge < -0.3 is 10.4 Å². The smallest absolute Gasteiger partial charge is 0.233 e. The fourth-order valence-corrected chi connectivity index (χ4v) is 3.57. The van der Waals surface area contributed by atoms with E-state index < -0.39 is 0 Å². The molecule has 0 bridgehead atoms. The summed E-state index contributed by atoms with van der Waals surface area (Å²) in [5.41, 5.74) is 1.89. The molecule has 2 rings (SSSR count). The van der Waals surface area contributed by atoms with Crippen molar-refractivity contribution in [1.82, 2.24) is 5.32 Å². The molecule has 4 heteroatoms. The largest absolute Gasteiger partial charge is 0.384 e. The number of hydrogen-bond acceptors (Lipinski definition) is 3. The number of carbonyl (C=O) groups is 1. The zero-order valence-corrected chi connectivity index (χ0v) is 13.1. The SMILES string of the molecule is CC(NC(=O)C1CCCCS1)c1cccc(C#CCO)c1. The van der Waals surface area contributed by atoms with Crippen LogP contribution in [0.4, 0.5) is 0 Å². The minimum Gasteiger partial charge on any atom is -0.384 e. The van der Waals surface area contributed by atoms with Gasteiger partial charge in [0.25, 0.3) is 0 Å². The number of benzene rings is 1. The Hall–Kier alpha value is -1.44. The van der Waals surface area contributed by atoms with Crippen LogP contribution in [0.25, 0.3) is 0 Å². The predicted molar refractivity (Wildman–Crippen MR) is 87.1 cm³/mol. The fraction of sp³-hybridized carbons (Fsp3) is 0.471. The molecule has 2 unspecified atom stereocenters. The highest BCUT2D eigenvalue weighted by Gasteiger charge is 2.23. The van der Waals surface area contributed by atoms with Crippen molar-refractivity contribution in [2.45, 2.75) is 37.5 Å². The molecule has 1 aromatic carbocycles. The molecule has 1 heterocycles. The summed E-state index contributed by atoms with van der Waals surface area (Å²) in [7, 11) is 0. The number of rotatable bonds is 3. The third kappa shape index (κ3) is 4.80. The molecule has 2 N–H and O–H groups in total. The molecule has 0 radical (unpaired) electrons. The maximum atomic E-state index is 12.2. The van der Waals surface area contributed by atoms with Gasteiger partial charge >= 0.3 is 0 Å². The molecule has 1 aliphatic heterocycles. The summed E-state index contributed by atoms with van der Waals surface area (Å²) in [6.07, 6.45) is 3.34. The number of hydrogen-bond donors (Lipinski definition) is 2. The molecule has 1 aliphatic rings. The number of aliphatic hydroxyl groups is 1. The monoisotopic (exact) mass is 303 g/mol. The zero-order chi connectivity index (χ0) is 15.1. The number of amides is 1. The van der Waals surface area contributed by atoms with Gasteiger partial charge in [-0.2, -0.15) is 0 Å². The van der Waals surface area contributed by atoms with Gasteiger partial charge in [0.1, 0.15) is 6.61 Å². The average Bonchev–Trinajstić information content (AvgIpc) is 2.54. The normalized spacial score (nSPS) is 19.2. The van der Waals surface area contributed by atoms with Crippen LogP contribution in [0.5, 0.6) is 0 Å². The lowest BCUT2D eigenvalue weighted by molar-refractivity contribution is -0.121. The van der Waals surface area contributed by atoms with E-state index in [4.69, 9.17) is 5.11 Å². The molecule has 112 valence electrons. The third-order valence-corrected chi connectivity index (χ3v) is 4.91. The summed E-state index contributed by atoms with van der Waals surface area (Å²) in [6, 6.07) is 7.74. The number of thioether (sulfide) groups is 1. The van der Waals surface area contributed by atoms with Gasteiger partial charge in [0.15, 0.2) is 0 Å². The minimum absolute atomic E-state index is 0.0316. The quantitative estimate of drug-likeness (QED) is 0.844. The first-order chi connectivity index (χ1) is 10.2. The molecule has 1 fully saturated rings. The Labute approximate surface area is 130 Å². The van der Waals surface area contributed by atoms with Crippen LogP contribution < -0.4 is 5.32 Å². The number of carbonyl (C=O) groups excluding carboxylic acids is 1. The van der Waals surface area contributed by atoms with Crippen molar-refractivity contribution >= 4 is 17.7 Å². The Bertz CT molecular complexity index is 541. The lowest BCUT2D eigenvalue weighted by Crippen LogP contribution is -2.35. The van der Waals surface area contributed by atoms with Gasteiger partial charge in [0.05, 0.1) is 11.3 Å². The van der Waals surface area contributed by atoms with Crippen molar-refractivity contribution in [2.75, 3.05) is 12.4 Å². The van der Waals surface area contributed by atoms with Crippen molar-refractivity contribution in [3.05, 3.63) is 35.4 Å².